The molecule has 1 atom stereocenters. The fourth-order valence-corrected chi connectivity index (χ4v) is 1.35. The lowest BCUT2D eigenvalue weighted by molar-refractivity contribution is -0.0765. The first kappa shape index (κ1) is 6.87. The van der Waals surface area contributed by atoms with E-state index in [1.54, 1.807) is 11.9 Å². The lowest BCUT2D eigenvalue weighted by atomic mass is 10.4. The van der Waals surface area contributed by atoms with Gasteiger partial charge < -0.3 is 4.74 Å². The van der Waals surface area contributed by atoms with E-state index in [0.29, 0.717) is 0 Å². The van der Waals surface area contributed by atoms with Gasteiger partial charge in [0.15, 0.2) is 0 Å². The second-order valence-electron chi connectivity index (χ2n) is 2.74. The number of carbonyl (C=O) groups excluding carboxylic acids is 1. The number of nitrogens with one attached hydrogen (secondary N) is 1. The highest BCUT2D eigenvalue weighted by molar-refractivity contribution is 5.75. The highest BCUT2D eigenvalue weighted by Gasteiger charge is 2.36. The van der Waals surface area contributed by atoms with Crippen LogP contribution in [0.3, 0.4) is 0 Å². The molecule has 11 heavy (non-hydrogen) atoms. The molecule has 5 heteroatoms. The van der Waals surface area contributed by atoms with Crippen LogP contribution in [0.15, 0.2) is 0 Å². The van der Waals surface area contributed by atoms with Crippen molar-refractivity contribution in [2.75, 3.05) is 20.2 Å². The third-order valence-corrected chi connectivity index (χ3v) is 1.94. The number of urea groups is 1. The zero-order valence-electron chi connectivity index (χ0n) is 6.41. The van der Waals surface area contributed by atoms with Gasteiger partial charge in [-0.15, -0.1) is 0 Å². The zero-order valence-corrected chi connectivity index (χ0v) is 6.41. The monoisotopic (exact) mass is 157 g/mol. The van der Waals surface area contributed by atoms with E-state index in [2.05, 4.69) is 5.43 Å². The van der Waals surface area contributed by atoms with Crippen LogP contribution in [0.5, 0.6) is 0 Å². The van der Waals surface area contributed by atoms with Gasteiger partial charge in [0.05, 0.1) is 6.61 Å². The Labute approximate surface area is 64.9 Å². The van der Waals surface area contributed by atoms with Gasteiger partial charge in [-0.3, -0.25) is 9.91 Å². The van der Waals surface area contributed by atoms with Gasteiger partial charge in [0, 0.05) is 13.6 Å². The fourth-order valence-electron chi connectivity index (χ4n) is 1.35. The van der Waals surface area contributed by atoms with Crippen molar-refractivity contribution >= 4 is 6.03 Å². The molecule has 0 saturated carbocycles. The van der Waals surface area contributed by atoms with E-state index in [1.165, 1.54) is 5.01 Å². The number of nitrogens with zero attached hydrogens (tertiary/aromatic N) is 2. The molecular formula is C6H11N3O2. The Morgan fingerprint density at radius 2 is 2.55 bits per heavy atom. The fraction of sp³-hybridized carbons (Fsp3) is 0.833. The molecule has 0 radical (unpaired) electrons. The van der Waals surface area contributed by atoms with Gasteiger partial charge in [-0.2, -0.15) is 5.43 Å². The SMILES string of the molecule is CN1NC2OCCCN2C1=O. The van der Waals surface area contributed by atoms with Crippen molar-refractivity contribution in [1.82, 2.24) is 15.3 Å². The topological polar surface area (TPSA) is 44.8 Å². The summed E-state index contributed by atoms with van der Waals surface area (Å²) in [4.78, 5) is 12.9. The number of ether oxygens (including phenoxy) is 1. The Kier molecular flexibility index (Phi) is 1.47. The Balaban J connectivity index is 2.11. The third-order valence-electron chi connectivity index (χ3n) is 1.94. The summed E-state index contributed by atoms with van der Waals surface area (Å²) in [5.74, 6) is 0. The molecule has 2 rings (SSSR count). The standard InChI is InChI=1S/C6H11N3O2/c1-8-6(10)9-3-2-4-11-5(9)7-8/h5,7H,2-4H2,1H3. The Morgan fingerprint density at radius 1 is 1.73 bits per heavy atom. The van der Waals surface area contributed by atoms with Gasteiger partial charge in [0.1, 0.15) is 0 Å². The average molecular weight is 157 g/mol. The molecule has 2 fully saturated rings. The highest BCUT2D eigenvalue weighted by atomic mass is 16.5. The summed E-state index contributed by atoms with van der Waals surface area (Å²) in [6, 6.07) is -0.00491. The molecule has 1 unspecified atom stereocenters. The normalized spacial score (nSPS) is 31.0. The molecule has 2 amide bonds. The Morgan fingerprint density at radius 3 is 3.27 bits per heavy atom. The van der Waals surface area contributed by atoms with Crippen LogP contribution in [-0.4, -0.2) is 42.5 Å². The molecular weight excluding hydrogens is 146 g/mol. The minimum absolute atomic E-state index is 0.00491. The maximum absolute atomic E-state index is 11.2. The van der Waals surface area contributed by atoms with Crippen molar-refractivity contribution in [2.24, 2.45) is 0 Å². The minimum Gasteiger partial charge on any atom is -0.344 e. The van der Waals surface area contributed by atoms with Crippen LogP contribution >= 0.6 is 0 Å². The van der Waals surface area contributed by atoms with Gasteiger partial charge >= 0.3 is 6.03 Å². The summed E-state index contributed by atoms with van der Waals surface area (Å²) < 4.78 is 5.30. The van der Waals surface area contributed by atoms with E-state index < -0.39 is 0 Å². The van der Waals surface area contributed by atoms with Crippen molar-refractivity contribution in [2.45, 2.75) is 12.8 Å². The number of hydrazine groups is 1. The smallest absolute Gasteiger partial charge is 0.337 e. The number of hydrogen-bond acceptors (Lipinski definition) is 3. The summed E-state index contributed by atoms with van der Waals surface area (Å²) in [5, 5.41) is 1.45. The van der Waals surface area contributed by atoms with E-state index in [0.717, 1.165) is 19.6 Å². The average Bonchev–Trinajstić information content (AvgIpc) is 2.30. The quantitative estimate of drug-likeness (QED) is 0.518. The summed E-state index contributed by atoms with van der Waals surface area (Å²) in [6.45, 7) is 1.52. The molecule has 0 bridgehead atoms. The summed E-state index contributed by atoms with van der Waals surface area (Å²) >= 11 is 0. The van der Waals surface area contributed by atoms with Crippen molar-refractivity contribution < 1.29 is 9.53 Å². The predicted molar refractivity (Wildman–Crippen MR) is 37.4 cm³/mol. The molecule has 1 N–H and O–H groups in total. The van der Waals surface area contributed by atoms with Crippen LogP contribution in [0, 0.1) is 0 Å². The molecule has 0 aromatic rings. The largest absolute Gasteiger partial charge is 0.344 e. The first-order chi connectivity index (χ1) is 5.29. The summed E-state index contributed by atoms with van der Waals surface area (Å²) in [7, 11) is 1.70. The van der Waals surface area contributed by atoms with E-state index in [4.69, 9.17) is 4.74 Å². The zero-order chi connectivity index (χ0) is 7.84. The van der Waals surface area contributed by atoms with E-state index >= 15 is 0 Å². The first-order valence-corrected chi connectivity index (χ1v) is 3.71. The lowest BCUT2D eigenvalue weighted by Gasteiger charge is -2.26. The third kappa shape index (κ3) is 0.965. The van der Waals surface area contributed by atoms with Crippen molar-refractivity contribution in [3.63, 3.8) is 0 Å². The van der Waals surface area contributed by atoms with Crippen molar-refractivity contribution in [1.29, 1.82) is 0 Å². The van der Waals surface area contributed by atoms with Crippen LogP contribution < -0.4 is 5.43 Å². The number of amides is 2. The van der Waals surface area contributed by atoms with E-state index in [-0.39, 0.29) is 12.4 Å². The first-order valence-electron chi connectivity index (χ1n) is 3.71. The number of carbonyl (C=O) groups is 1. The van der Waals surface area contributed by atoms with Crippen LogP contribution in [-0.2, 0) is 4.74 Å². The molecule has 0 aromatic heterocycles. The molecule has 0 spiro atoms. The number of rotatable bonds is 0. The summed E-state index contributed by atoms with van der Waals surface area (Å²) in [5.41, 5.74) is 2.89. The van der Waals surface area contributed by atoms with E-state index in [9.17, 15) is 4.79 Å². The molecule has 2 aliphatic rings. The van der Waals surface area contributed by atoms with Crippen molar-refractivity contribution in [3.8, 4) is 0 Å². The maximum atomic E-state index is 11.2. The number of hydrogen-bond donors (Lipinski definition) is 1. The van der Waals surface area contributed by atoms with E-state index in [1.807, 2.05) is 0 Å². The molecule has 62 valence electrons. The second kappa shape index (κ2) is 2.35. The molecule has 0 aromatic carbocycles. The van der Waals surface area contributed by atoms with Gasteiger partial charge in [-0.1, -0.05) is 0 Å². The van der Waals surface area contributed by atoms with Crippen LogP contribution in [0.25, 0.3) is 0 Å². The van der Waals surface area contributed by atoms with Gasteiger partial charge in [0.2, 0.25) is 6.35 Å². The molecule has 0 aliphatic carbocycles. The number of fused-ring (bicyclic) bond motifs is 1. The maximum Gasteiger partial charge on any atom is 0.337 e. The second-order valence-corrected chi connectivity index (χ2v) is 2.74. The Hall–Kier alpha value is -0.810. The summed E-state index contributed by atoms with van der Waals surface area (Å²) in [6.07, 6.45) is 0.707. The highest BCUT2D eigenvalue weighted by Crippen LogP contribution is 2.15. The van der Waals surface area contributed by atoms with Crippen LogP contribution in [0.1, 0.15) is 6.42 Å². The van der Waals surface area contributed by atoms with Crippen molar-refractivity contribution in [3.05, 3.63) is 0 Å². The lowest BCUT2D eigenvalue weighted by Crippen LogP contribution is -2.44. The van der Waals surface area contributed by atoms with Crippen LogP contribution in [0.2, 0.25) is 0 Å². The molecule has 2 saturated heterocycles. The minimum atomic E-state index is -0.221. The Bertz CT molecular complexity index is 185. The molecule has 5 nitrogen and oxygen atoms in total. The van der Waals surface area contributed by atoms with Gasteiger partial charge in [-0.25, -0.2) is 4.79 Å². The van der Waals surface area contributed by atoms with Crippen LogP contribution in [0.4, 0.5) is 4.79 Å². The van der Waals surface area contributed by atoms with Gasteiger partial charge in [0.25, 0.3) is 0 Å². The molecule has 2 heterocycles. The predicted octanol–water partition coefficient (Wildman–Crippen LogP) is -0.438. The van der Waals surface area contributed by atoms with Gasteiger partial charge in [-0.05, 0) is 6.42 Å². The molecule has 2 aliphatic heterocycles.